The Morgan fingerprint density at radius 3 is 2.18 bits per heavy atom. The Labute approximate surface area is 190 Å². The number of hydrogen-bond donors (Lipinski definition) is 2. The van der Waals surface area contributed by atoms with Gasteiger partial charge in [-0.3, -0.25) is 4.72 Å². The van der Waals surface area contributed by atoms with Crippen LogP contribution >= 0.6 is 0 Å². The standard InChI is InChI=1S/C21H23F3N2O5S2/c1-11(2)13-7-8-14(20(3,4)5)18(27)17(13)19-25-15-9-6-12(32(28,29)21(22,23)24)10-16(15)33(30,31)26-19/h6-11,27H,1-5H3,(H,25,26). The minimum Gasteiger partial charge on any atom is -0.507 e. The number of alkyl halides is 3. The van der Waals surface area contributed by atoms with Crippen molar-refractivity contribution in [2.24, 2.45) is 4.99 Å². The fourth-order valence-corrected chi connectivity index (χ4v) is 5.52. The number of phenols is 1. The number of hydrogen-bond acceptors (Lipinski definition) is 6. The third-order valence-electron chi connectivity index (χ3n) is 5.18. The summed E-state index contributed by atoms with van der Waals surface area (Å²) in [6.07, 6.45) is 0. The van der Waals surface area contributed by atoms with Gasteiger partial charge in [0, 0.05) is 5.56 Å². The average Bonchev–Trinajstić information content (AvgIpc) is 2.64. The molecule has 1 aliphatic rings. The van der Waals surface area contributed by atoms with Gasteiger partial charge in [-0.25, -0.2) is 21.8 Å². The minimum absolute atomic E-state index is 0.132. The van der Waals surface area contributed by atoms with E-state index in [2.05, 4.69) is 9.71 Å². The van der Waals surface area contributed by atoms with Crippen molar-refractivity contribution < 1.29 is 35.1 Å². The van der Waals surface area contributed by atoms with Crippen molar-refractivity contribution in [3.63, 3.8) is 0 Å². The summed E-state index contributed by atoms with van der Waals surface area (Å²) < 4.78 is 90.2. The molecule has 12 heteroatoms. The van der Waals surface area contributed by atoms with E-state index >= 15 is 0 Å². The van der Waals surface area contributed by atoms with E-state index in [4.69, 9.17) is 0 Å². The van der Waals surface area contributed by atoms with Crippen LogP contribution < -0.4 is 4.72 Å². The van der Waals surface area contributed by atoms with E-state index in [0.29, 0.717) is 23.3 Å². The maximum Gasteiger partial charge on any atom is 0.501 e. The lowest BCUT2D eigenvalue weighted by atomic mass is 9.82. The highest BCUT2D eigenvalue weighted by Gasteiger charge is 2.47. The van der Waals surface area contributed by atoms with Crippen molar-refractivity contribution in [3.05, 3.63) is 47.0 Å². The van der Waals surface area contributed by atoms with Crippen molar-refractivity contribution >= 4 is 31.4 Å². The molecule has 0 saturated carbocycles. The Balaban J connectivity index is 2.29. The van der Waals surface area contributed by atoms with E-state index in [-0.39, 0.29) is 28.8 Å². The van der Waals surface area contributed by atoms with Crippen LogP contribution in [0.1, 0.15) is 57.2 Å². The maximum atomic E-state index is 12.9. The number of phenolic OH excluding ortho intramolecular Hbond substituents is 1. The molecule has 7 nitrogen and oxygen atoms in total. The van der Waals surface area contributed by atoms with Crippen LogP contribution in [0.25, 0.3) is 0 Å². The number of aliphatic imine (C=N–C) groups is 1. The van der Waals surface area contributed by atoms with Gasteiger partial charge >= 0.3 is 5.51 Å². The Hall–Kier alpha value is -2.60. The predicted molar refractivity (Wildman–Crippen MR) is 117 cm³/mol. The Morgan fingerprint density at radius 1 is 1.06 bits per heavy atom. The summed E-state index contributed by atoms with van der Waals surface area (Å²) in [6, 6.07) is 5.47. The van der Waals surface area contributed by atoms with E-state index < -0.39 is 40.6 Å². The van der Waals surface area contributed by atoms with Gasteiger partial charge in [0.15, 0.2) is 5.84 Å². The minimum atomic E-state index is -5.75. The summed E-state index contributed by atoms with van der Waals surface area (Å²) in [7, 11) is -10.3. The molecule has 2 aromatic rings. The van der Waals surface area contributed by atoms with Gasteiger partial charge in [0.25, 0.3) is 19.9 Å². The Kier molecular flexibility index (Phi) is 5.86. The van der Waals surface area contributed by atoms with Gasteiger partial charge in [-0.2, -0.15) is 13.2 Å². The molecule has 3 rings (SSSR count). The lowest BCUT2D eigenvalue weighted by molar-refractivity contribution is -0.0436. The Bertz CT molecular complexity index is 1370. The first-order valence-corrected chi connectivity index (χ1v) is 12.8. The van der Waals surface area contributed by atoms with Crippen LogP contribution in [0.4, 0.5) is 18.9 Å². The largest absolute Gasteiger partial charge is 0.507 e. The quantitative estimate of drug-likeness (QED) is 0.640. The molecule has 0 spiro atoms. The van der Waals surface area contributed by atoms with Crippen molar-refractivity contribution in [2.45, 2.75) is 61.3 Å². The number of sulfonamides is 1. The average molecular weight is 505 g/mol. The molecule has 0 aromatic heterocycles. The molecule has 0 fully saturated rings. The second-order valence-corrected chi connectivity index (χ2v) is 12.6. The number of sulfone groups is 1. The molecule has 2 aromatic carbocycles. The monoisotopic (exact) mass is 504 g/mol. The highest BCUT2D eigenvalue weighted by atomic mass is 32.2. The molecular weight excluding hydrogens is 481 g/mol. The van der Waals surface area contributed by atoms with E-state index in [0.717, 1.165) is 6.07 Å². The number of amidine groups is 1. The smallest absolute Gasteiger partial charge is 0.501 e. The van der Waals surface area contributed by atoms with Crippen LogP contribution in [0.5, 0.6) is 5.75 Å². The van der Waals surface area contributed by atoms with Gasteiger partial charge in [-0.05, 0) is 35.1 Å². The second kappa shape index (κ2) is 7.73. The van der Waals surface area contributed by atoms with Crippen LogP contribution in [0, 0.1) is 0 Å². The van der Waals surface area contributed by atoms with Gasteiger partial charge in [0.2, 0.25) is 0 Å². The Morgan fingerprint density at radius 2 is 1.67 bits per heavy atom. The molecule has 0 atom stereocenters. The van der Waals surface area contributed by atoms with Crippen molar-refractivity contribution in [2.75, 3.05) is 0 Å². The van der Waals surface area contributed by atoms with Gasteiger partial charge < -0.3 is 5.11 Å². The number of nitrogens with zero attached hydrogens (tertiary/aromatic N) is 1. The highest BCUT2D eigenvalue weighted by molar-refractivity contribution is 7.92. The third-order valence-corrected chi connectivity index (χ3v) is 8.03. The summed E-state index contributed by atoms with van der Waals surface area (Å²) in [5.74, 6) is -0.510. The molecule has 1 heterocycles. The van der Waals surface area contributed by atoms with Crippen molar-refractivity contribution in [3.8, 4) is 5.75 Å². The predicted octanol–water partition coefficient (Wildman–Crippen LogP) is 4.48. The SMILES string of the molecule is CC(C)c1ccc(C(C)(C)C)c(O)c1C1=Nc2ccc(S(=O)(=O)C(F)(F)F)cc2S(=O)(=O)N1. The molecule has 1 aliphatic heterocycles. The van der Waals surface area contributed by atoms with Gasteiger partial charge in [0.1, 0.15) is 10.6 Å². The fraction of sp³-hybridized carbons (Fsp3) is 0.381. The summed E-state index contributed by atoms with van der Waals surface area (Å²) in [4.78, 5) is 2.29. The molecule has 0 saturated heterocycles. The molecule has 33 heavy (non-hydrogen) atoms. The molecule has 0 radical (unpaired) electrons. The summed E-state index contributed by atoms with van der Waals surface area (Å²) in [5, 5.41) is 11.0. The van der Waals surface area contributed by atoms with E-state index in [1.165, 1.54) is 0 Å². The zero-order valence-electron chi connectivity index (χ0n) is 18.4. The third kappa shape index (κ3) is 4.33. The lowest BCUT2D eigenvalue weighted by Crippen LogP contribution is -2.35. The highest BCUT2D eigenvalue weighted by Crippen LogP contribution is 2.40. The zero-order valence-corrected chi connectivity index (χ0v) is 20.1. The summed E-state index contributed by atoms with van der Waals surface area (Å²) in [6.45, 7) is 9.28. The van der Waals surface area contributed by atoms with Crippen LogP contribution in [-0.2, 0) is 25.3 Å². The number of aromatic hydroxyl groups is 1. The molecule has 0 unspecified atom stereocenters. The second-order valence-electron chi connectivity index (χ2n) is 8.98. The van der Waals surface area contributed by atoms with Crippen LogP contribution in [0.2, 0.25) is 0 Å². The van der Waals surface area contributed by atoms with Crippen LogP contribution in [0.3, 0.4) is 0 Å². The zero-order chi connectivity index (χ0) is 25.1. The number of fused-ring (bicyclic) bond motifs is 1. The molecular formula is C21H23F3N2O5S2. The lowest BCUT2D eigenvalue weighted by Gasteiger charge is -2.27. The molecule has 0 bridgehead atoms. The molecule has 0 amide bonds. The number of benzene rings is 2. The normalized spacial score (nSPS) is 16.2. The molecule has 180 valence electrons. The van der Waals surface area contributed by atoms with Crippen molar-refractivity contribution in [1.82, 2.24) is 4.72 Å². The summed E-state index contributed by atoms with van der Waals surface area (Å²) >= 11 is 0. The number of nitrogens with one attached hydrogen (secondary N) is 1. The topological polar surface area (TPSA) is 113 Å². The van der Waals surface area contributed by atoms with E-state index in [1.54, 1.807) is 12.1 Å². The van der Waals surface area contributed by atoms with Crippen molar-refractivity contribution in [1.29, 1.82) is 0 Å². The first-order chi connectivity index (χ1) is 14.9. The first-order valence-electron chi connectivity index (χ1n) is 9.81. The van der Waals surface area contributed by atoms with Crippen LogP contribution in [0.15, 0.2) is 45.1 Å². The number of rotatable bonds is 3. The van der Waals surface area contributed by atoms with Gasteiger partial charge in [-0.1, -0.05) is 46.8 Å². The first kappa shape index (κ1) is 25.0. The van der Waals surface area contributed by atoms with E-state index in [9.17, 15) is 35.1 Å². The fourth-order valence-electron chi connectivity index (χ4n) is 3.48. The molecule has 0 aliphatic carbocycles. The maximum absolute atomic E-state index is 12.9. The van der Waals surface area contributed by atoms with Gasteiger partial charge in [0.05, 0.1) is 16.1 Å². The van der Waals surface area contributed by atoms with E-state index in [1.807, 2.05) is 34.6 Å². The van der Waals surface area contributed by atoms with Gasteiger partial charge in [-0.15, -0.1) is 0 Å². The summed E-state index contributed by atoms with van der Waals surface area (Å²) in [5.41, 5.74) is -5.03. The molecule has 2 N–H and O–H groups in total. The number of halogens is 3. The van der Waals surface area contributed by atoms with Crippen LogP contribution in [-0.4, -0.2) is 33.3 Å².